The molecule has 1 heterocycles. The highest BCUT2D eigenvalue weighted by molar-refractivity contribution is 5.96. The van der Waals surface area contributed by atoms with Gasteiger partial charge in [-0.2, -0.15) is 0 Å². The average molecular weight is 330 g/mol. The van der Waals surface area contributed by atoms with Crippen LogP contribution in [0.25, 0.3) is 0 Å². The molecule has 2 fully saturated rings. The first-order valence-corrected chi connectivity index (χ1v) is 8.78. The van der Waals surface area contributed by atoms with Crippen LogP contribution < -0.4 is 5.32 Å². The lowest BCUT2D eigenvalue weighted by atomic mass is 9.76. The Kier molecular flexibility index (Phi) is 5.19. The first-order chi connectivity index (χ1) is 11.6. The molecule has 1 saturated heterocycles. The fourth-order valence-electron chi connectivity index (χ4n) is 4.27. The quantitative estimate of drug-likeness (QED) is 0.921. The number of piperidine rings is 1. The zero-order valence-electron chi connectivity index (χ0n) is 14.3. The maximum atomic E-state index is 12.5. The maximum absolute atomic E-state index is 12.5. The van der Waals surface area contributed by atoms with Crippen LogP contribution in [0.1, 0.15) is 42.5 Å². The molecule has 5 nitrogen and oxygen atoms in total. The van der Waals surface area contributed by atoms with Crippen molar-refractivity contribution in [3.8, 4) is 0 Å². The second kappa shape index (κ2) is 7.34. The molecule has 1 saturated carbocycles. The molecular weight excluding hydrogens is 304 g/mol. The van der Waals surface area contributed by atoms with E-state index >= 15 is 0 Å². The largest absolute Gasteiger partial charge is 0.381 e. The van der Waals surface area contributed by atoms with E-state index in [1.54, 1.807) is 19.2 Å². The van der Waals surface area contributed by atoms with E-state index in [1.165, 1.54) is 6.42 Å². The molecule has 2 aliphatic rings. The van der Waals surface area contributed by atoms with Gasteiger partial charge < -0.3 is 15.0 Å². The van der Waals surface area contributed by atoms with Crippen LogP contribution in [0.2, 0.25) is 0 Å². The summed E-state index contributed by atoms with van der Waals surface area (Å²) in [4.78, 5) is 26.5. The van der Waals surface area contributed by atoms with Gasteiger partial charge >= 0.3 is 0 Å². The van der Waals surface area contributed by atoms with Crippen LogP contribution in [0.5, 0.6) is 0 Å². The number of amides is 2. The molecule has 1 aliphatic heterocycles. The number of methoxy groups -OCH3 is 1. The minimum absolute atomic E-state index is 0.000101. The van der Waals surface area contributed by atoms with Crippen molar-refractivity contribution in [2.45, 2.75) is 38.2 Å². The summed E-state index contributed by atoms with van der Waals surface area (Å²) in [6.07, 6.45) is 5.79. The van der Waals surface area contributed by atoms with Crippen molar-refractivity contribution < 1.29 is 14.3 Å². The number of hydrogen-bond donors (Lipinski definition) is 1. The Morgan fingerprint density at radius 3 is 2.75 bits per heavy atom. The molecule has 0 unspecified atom stereocenters. The second-order valence-corrected chi connectivity index (χ2v) is 6.95. The number of likely N-dealkylation sites (tertiary alicyclic amines) is 1. The van der Waals surface area contributed by atoms with Crippen molar-refractivity contribution in [1.29, 1.82) is 0 Å². The number of nitrogens with one attached hydrogen (secondary N) is 1. The molecule has 1 aromatic rings. The predicted octanol–water partition coefficient (Wildman–Crippen LogP) is 2.22. The molecule has 1 spiro atoms. The van der Waals surface area contributed by atoms with Gasteiger partial charge in [0.05, 0.1) is 12.6 Å². The minimum Gasteiger partial charge on any atom is -0.381 e. The Bertz CT molecular complexity index is 590. The monoisotopic (exact) mass is 330 g/mol. The molecule has 1 aliphatic carbocycles. The Balaban J connectivity index is 1.56. The highest BCUT2D eigenvalue weighted by atomic mass is 16.5. The predicted molar refractivity (Wildman–Crippen MR) is 91.7 cm³/mol. The third-order valence-electron chi connectivity index (χ3n) is 5.51. The molecule has 3 rings (SSSR count). The van der Waals surface area contributed by atoms with E-state index in [9.17, 15) is 9.59 Å². The van der Waals surface area contributed by atoms with E-state index in [-0.39, 0.29) is 29.9 Å². The summed E-state index contributed by atoms with van der Waals surface area (Å²) in [5.74, 6) is -0.202. The zero-order chi connectivity index (χ0) is 17.0. The van der Waals surface area contributed by atoms with Crippen LogP contribution >= 0.6 is 0 Å². The maximum Gasteiger partial charge on any atom is 0.251 e. The lowest BCUT2D eigenvalue weighted by Gasteiger charge is -2.43. The van der Waals surface area contributed by atoms with E-state index in [0.717, 1.165) is 38.8 Å². The number of carbonyl (C=O) groups excluding carboxylic acids is 2. The number of benzene rings is 1. The van der Waals surface area contributed by atoms with Crippen molar-refractivity contribution in [3.63, 3.8) is 0 Å². The normalized spacial score (nSPS) is 26.5. The Morgan fingerprint density at radius 2 is 2.00 bits per heavy atom. The van der Waals surface area contributed by atoms with Crippen LogP contribution in [0.15, 0.2) is 30.3 Å². The SMILES string of the molecule is CO[C@@H]1CCC[C@]12CCCN(C(=O)CNC(=O)c1ccccc1)C2. The standard InChI is InChI=1S/C19H26N2O3/c1-24-16-9-5-10-19(16)11-6-12-21(14-19)17(22)13-20-18(23)15-7-3-2-4-8-15/h2-4,7-8,16H,5-6,9-14H2,1H3,(H,20,23)/t16-,19-/m1/s1. The molecule has 1 N–H and O–H groups in total. The summed E-state index contributed by atoms with van der Waals surface area (Å²) < 4.78 is 5.68. The molecule has 0 bridgehead atoms. The summed E-state index contributed by atoms with van der Waals surface area (Å²) in [6, 6.07) is 8.99. The van der Waals surface area contributed by atoms with Crippen LogP contribution in [0.4, 0.5) is 0 Å². The molecule has 5 heteroatoms. The molecule has 0 radical (unpaired) electrons. The number of ether oxygens (including phenoxy) is 1. The van der Waals surface area contributed by atoms with E-state index in [0.29, 0.717) is 5.56 Å². The van der Waals surface area contributed by atoms with Gasteiger partial charge in [-0.05, 0) is 37.8 Å². The molecule has 130 valence electrons. The van der Waals surface area contributed by atoms with Crippen LogP contribution in [0, 0.1) is 5.41 Å². The van der Waals surface area contributed by atoms with Crippen molar-refractivity contribution in [2.75, 3.05) is 26.7 Å². The van der Waals surface area contributed by atoms with Gasteiger partial charge in [0.25, 0.3) is 5.91 Å². The van der Waals surface area contributed by atoms with Crippen LogP contribution in [-0.2, 0) is 9.53 Å². The smallest absolute Gasteiger partial charge is 0.251 e. The Hall–Kier alpha value is -1.88. The number of nitrogens with zero attached hydrogens (tertiary/aromatic N) is 1. The third kappa shape index (κ3) is 3.46. The van der Waals surface area contributed by atoms with Crippen molar-refractivity contribution in [1.82, 2.24) is 10.2 Å². The van der Waals surface area contributed by atoms with E-state index in [1.807, 2.05) is 23.1 Å². The summed E-state index contributed by atoms with van der Waals surface area (Å²) in [5.41, 5.74) is 0.696. The van der Waals surface area contributed by atoms with Crippen LogP contribution in [-0.4, -0.2) is 49.6 Å². The second-order valence-electron chi connectivity index (χ2n) is 6.95. The number of rotatable bonds is 4. The summed E-state index contributed by atoms with van der Waals surface area (Å²) in [6.45, 7) is 1.59. The molecule has 2 atom stereocenters. The van der Waals surface area contributed by atoms with Gasteiger partial charge in [0.1, 0.15) is 0 Å². The van der Waals surface area contributed by atoms with E-state index in [4.69, 9.17) is 4.74 Å². The highest BCUT2D eigenvalue weighted by Crippen LogP contribution is 2.46. The van der Waals surface area contributed by atoms with Crippen molar-refractivity contribution in [2.24, 2.45) is 5.41 Å². The fourth-order valence-corrected chi connectivity index (χ4v) is 4.27. The fraction of sp³-hybridized carbons (Fsp3) is 0.579. The summed E-state index contributed by atoms with van der Waals surface area (Å²) in [7, 11) is 1.78. The Morgan fingerprint density at radius 1 is 1.25 bits per heavy atom. The lowest BCUT2D eigenvalue weighted by Crippen LogP contribution is -2.52. The number of hydrogen-bond acceptors (Lipinski definition) is 3. The molecular formula is C19H26N2O3. The van der Waals surface area contributed by atoms with Gasteiger partial charge in [-0.15, -0.1) is 0 Å². The molecule has 1 aromatic carbocycles. The van der Waals surface area contributed by atoms with Gasteiger partial charge in [0.2, 0.25) is 5.91 Å². The van der Waals surface area contributed by atoms with Crippen molar-refractivity contribution >= 4 is 11.8 Å². The Labute approximate surface area is 143 Å². The topological polar surface area (TPSA) is 58.6 Å². The van der Waals surface area contributed by atoms with E-state index in [2.05, 4.69) is 5.32 Å². The molecule has 2 amide bonds. The van der Waals surface area contributed by atoms with Gasteiger partial charge in [0.15, 0.2) is 0 Å². The first-order valence-electron chi connectivity index (χ1n) is 8.78. The first kappa shape index (κ1) is 17.0. The lowest BCUT2D eigenvalue weighted by molar-refractivity contribution is -0.136. The van der Waals surface area contributed by atoms with Gasteiger partial charge in [-0.3, -0.25) is 9.59 Å². The minimum atomic E-state index is -0.202. The molecule has 0 aromatic heterocycles. The van der Waals surface area contributed by atoms with Crippen LogP contribution in [0.3, 0.4) is 0 Å². The average Bonchev–Trinajstić information content (AvgIpc) is 3.01. The zero-order valence-corrected chi connectivity index (χ0v) is 14.3. The summed E-state index contributed by atoms with van der Waals surface area (Å²) >= 11 is 0. The van der Waals surface area contributed by atoms with Gasteiger partial charge in [-0.1, -0.05) is 24.6 Å². The summed E-state index contributed by atoms with van der Waals surface area (Å²) in [5, 5.41) is 2.74. The van der Waals surface area contributed by atoms with E-state index < -0.39 is 0 Å². The number of carbonyl (C=O) groups is 2. The molecule has 24 heavy (non-hydrogen) atoms. The van der Waals surface area contributed by atoms with Gasteiger partial charge in [-0.25, -0.2) is 0 Å². The third-order valence-corrected chi connectivity index (χ3v) is 5.51. The van der Waals surface area contributed by atoms with Crippen molar-refractivity contribution in [3.05, 3.63) is 35.9 Å². The van der Waals surface area contributed by atoms with Gasteiger partial charge in [0, 0.05) is 31.2 Å². The highest BCUT2D eigenvalue weighted by Gasteiger charge is 2.46.